The summed E-state index contributed by atoms with van der Waals surface area (Å²) in [5, 5.41) is 2.95. The molecule has 0 aliphatic heterocycles. The molecule has 0 unspecified atom stereocenters. The number of ether oxygens (including phenoxy) is 1. The van der Waals surface area contributed by atoms with E-state index < -0.39 is 0 Å². The van der Waals surface area contributed by atoms with Crippen molar-refractivity contribution in [2.75, 3.05) is 0 Å². The molecule has 3 aromatic rings. The largest absolute Gasteiger partial charge is 0.491 e. The van der Waals surface area contributed by atoms with Crippen molar-refractivity contribution < 1.29 is 9.53 Å². The standard InChI is InChI=1S/C19H21N3O2/c1-12(2)24-18-7-4-14(8-13(18)3)10-20-19(23)15-5-6-16-17(9-15)22-11-21-16/h4-9,11-12H,10H2,1-3H3,(H,20,23)(H,21,22). The third kappa shape index (κ3) is 3.56. The van der Waals surface area contributed by atoms with Crippen LogP contribution in [0.1, 0.15) is 35.3 Å². The molecule has 2 N–H and O–H groups in total. The Balaban J connectivity index is 1.66. The molecule has 0 saturated carbocycles. The Morgan fingerprint density at radius 2 is 2.08 bits per heavy atom. The van der Waals surface area contributed by atoms with Gasteiger partial charge in [-0.3, -0.25) is 4.79 Å². The first-order valence-corrected chi connectivity index (χ1v) is 8.00. The van der Waals surface area contributed by atoms with Crippen LogP contribution in [0.3, 0.4) is 0 Å². The Morgan fingerprint density at radius 1 is 1.25 bits per heavy atom. The molecule has 0 radical (unpaired) electrons. The number of nitrogens with one attached hydrogen (secondary N) is 2. The summed E-state index contributed by atoms with van der Waals surface area (Å²) >= 11 is 0. The molecule has 2 aromatic carbocycles. The molecule has 1 amide bonds. The molecule has 1 aromatic heterocycles. The average Bonchev–Trinajstić information content (AvgIpc) is 3.02. The van der Waals surface area contributed by atoms with E-state index in [2.05, 4.69) is 15.3 Å². The number of nitrogens with zero attached hydrogens (tertiary/aromatic N) is 1. The molecule has 0 atom stereocenters. The van der Waals surface area contributed by atoms with Crippen LogP contribution in [0.2, 0.25) is 0 Å². The summed E-state index contributed by atoms with van der Waals surface area (Å²) in [6.07, 6.45) is 1.77. The zero-order valence-corrected chi connectivity index (χ0v) is 14.1. The number of carbonyl (C=O) groups is 1. The zero-order chi connectivity index (χ0) is 17.1. The van der Waals surface area contributed by atoms with E-state index in [0.29, 0.717) is 12.1 Å². The van der Waals surface area contributed by atoms with E-state index in [1.54, 1.807) is 12.4 Å². The Hall–Kier alpha value is -2.82. The lowest BCUT2D eigenvalue weighted by Crippen LogP contribution is -2.22. The number of carbonyl (C=O) groups excluding carboxylic acids is 1. The first kappa shape index (κ1) is 16.1. The van der Waals surface area contributed by atoms with E-state index in [-0.39, 0.29) is 12.0 Å². The molecule has 0 aliphatic rings. The molecule has 24 heavy (non-hydrogen) atoms. The predicted octanol–water partition coefficient (Wildman–Crippen LogP) is 3.59. The molecular weight excluding hydrogens is 302 g/mol. The molecule has 1 heterocycles. The highest BCUT2D eigenvalue weighted by molar-refractivity contribution is 5.97. The second-order valence-corrected chi connectivity index (χ2v) is 6.08. The van der Waals surface area contributed by atoms with Gasteiger partial charge in [0.05, 0.1) is 23.5 Å². The van der Waals surface area contributed by atoms with E-state index in [9.17, 15) is 4.79 Å². The van der Waals surface area contributed by atoms with Gasteiger partial charge in [0, 0.05) is 12.1 Å². The zero-order valence-electron chi connectivity index (χ0n) is 14.1. The van der Waals surface area contributed by atoms with Gasteiger partial charge in [-0.25, -0.2) is 4.98 Å². The average molecular weight is 323 g/mol. The number of aromatic nitrogens is 2. The Bertz CT molecular complexity index is 868. The van der Waals surface area contributed by atoms with Gasteiger partial charge >= 0.3 is 0 Å². The van der Waals surface area contributed by atoms with Gasteiger partial charge in [0.1, 0.15) is 5.75 Å². The molecule has 0 spiro atoms. The van der Waals surface area contributed by atoms with Crippen molar-refractivity contribution in [1.29, 1.82) is 0 Å². The highest BCUT2D eigenvalue weighted by atomic mass is 16.5. The minimum absolute atomic E-state index is 0.105. The summed E-state index contributed by atoms with van der Waals surface area (Å²) in [5.74, 6) is 0.774. The Kier molecular flexibility index (Phi) is 4.51. The number of imidazole rings is 1. The minimum Gasteiger partial charge on any atom is -0.491 e. The highest BCUT2D eigenvalue weighted by Gasteiger charge is 2.08. The maximum absolute atomic E-state index is 12.3. The van der Waals surface area contributed by atoms with Crippen molar-refractivity contribution in [1.82, 2.24) is 15.3 Å². The van der Waals surface area contributed by atoms with E-state index >= 15 is 0 Å². The fraction of sp³-hybridized carbons (Fsp3) is 0.263. The third-order valence-corrected chi connectivity index (χ3v) is 3.74. The van der Waals surface area contributed by atoms with Gasteiger partial charge in [0.25, 0.3) is 5.91 Å². The fourth-order valence-corrected chi connectivity index (χ4v) is 2.57. The van der Waals surface area contributed by atoms with Crippen LogP contribution in [0.25, 0.3) is 11.0 Å². The quantitative estimate of drug-likeness (QED) is 0.754. The second-order valence-electron chi connectivity index (χ2n) is 6.08. The lowest BCUT2D eigenvalue weighted by molar-refractivity contribution is 0.0951. The van der Waals surface area contributed by atoms with Crippen LogP contribution >= 0.6 is 0 Å². The first-order valence-electron chi connectivity index (χ1n) is 8.00. The van der Waals surface area contributed by atoms with Crippen LogP contribution in [-0.4, -0.2) is 22.0 Å². The van der Waals surface area contributed by atoms with E-state index in [1.165, 1.54) is 0 Å². The summed E-state index contributed by atoms with van der Waals surface area (Å²) in [5.41, 5.74) is 4.42. The van der Waals surface area contributed by atoms with Crippen LogP contribution in [0, 0.1) is 6.92 Å². The molecule has 0 aliphatic carbocycles. The maximum atomic E-state index is 12.3. The number of rotatable bonds is 5. The van der Waals surface area contributed by atoms with Gasteiger partial charge < -0.3 is 15.0 Å². The van der Waals surface area contributed by atoms with Gasteiger partial charge in [0.15, 0.2) is 0 Å². The molecular formula is C19H21N3O2. The molecule has 0 bridgehead atoms. The summed E-state index contributed by atoms with van der Waals surface area (Å²) < 4.78 is 5.73. The summed E-state index contributed by atoms with van der Waals surface area (Å²) in [7, 11) is 0. The molecule has 124 valence electrons. The maximum Gasteiger partial charge on any atom is 0.251 e. The molecule has 5 heteroatoms. The molecule has 0 saturated heterocycles. The minimum atomic E-state index is -0.105. The topological polar surface area (TPSA) is 67.0 Å². The molecule has 0 fully saturated rings. The number of aryl methyl sites for hydroxylation is 1. The summed E-state index contributed by atoms with van der Waals surface area (Å²) in [6.45, 7) is 6.49. The van der Waals surface area contributed by atoms with Crippen molar-refractivity contribution in [3.8, 4) is 5.75 Å². The normalized spacial score (nSPS) is 11.0. The highest BCUT2D eigenvalue weighted by Crippen LogP contribution is 2.20. The number of fused-ring (bicyclic) bond motifs is 1. The van der Waals surface area contributed by atoms with Crippen molar-refractivity contribution >= 4 is 16.9 Å². The number of benzene rings is 2. The summed E-state index contributed by atoms with van der Waals surface area (Å²) in [4.78, 5) is 19.5. The van der Waals surface area contributed by atoms with Crippen molar-refractivity contribution in [3.63, 3.8) is 0 Å². The SMILES string of the molecule is Cc1cc(CNC(=O)c2ccc3nc[nH]c3c2)ccc1OC(C)C. The number of amides is 1. The van der Waals surface area contributed by atoms with Gasteiger partial charge in [-0.2, -0.15) is 0 Å². The lowest BCUT2D eigenvalue weighted by atomic mass is 10.1. The number of aromatic amines is 1. The van der Waals surface area contributed by atoms with Gasteiger partial charge in [-0.15, -0.1) is 0 Å². The number of hydrogen-bond donors (Lipinski definition) is 2. The smallest absolute Gasteiger partial charge is 0.251 e. The number of H-pyrrole nitrogens is 1. The monoisotopic (exact) mass is 323 g/mol. The van der Waals surface area contributed by atoms with Gasteiger partial charge in [0.2, 0.25) is 0 Å². The van der Waals surface area contributed by atoms with Crippen LogP contribution in [0.15, 0.2) is 42.7 Å². The van der Waals surface area contributed by atoms with E-state index in [0.717, 1.165) is 27.9 Å². The number of hydrogen-bond acceptors (Lipinski definition) is 3. The van der Waals surface area contributed by atoms with Crippen LogP contribution in [0.5, 0.6) is 5.75 Å². The van der Waals surface area contributed by atoms with Crippen LogP contribution in [0.4, 0.5) is 0 Å². The van der Waals surface area contributed by atoms with E-state index in [4.69, 9.17) is 4.74 Å². The first-order chi connectivity index (χ1) is 11.5. The summed E-state index contributed by atoms with van der Waals surface area (Å²) in [6, 6.07) is 11.4. The fourth-order valence-electron chi connectivity index (χ4n) is 2.57. The van der Waals surface area contributed by atoms with Crippen molar-refractivity contribution in [2.45, 2.75) is 33.4 Å². The molecule has 5 nitrogen and oxygen atoms in total. The second kappa shape index (κ2) is 6.74. The third-order valence-electron chi connectivity index (χ3n) is 3.74. The Morgan fingerprint density at radius 3 is 2.83 bits per heavy atom. The van der Waals surface area contributed by atoms with Crippen molar-refractivity contribution in [2.24, 2.45) is 0 Å². The van der Waals surface area contributed by atoms with Crippen molar-refractivity contribution in [3.05, 3.63) is 59.4 Å². The van der Waals surface area contributed by atoms with Gasteiger partial charge in [-0.1, -0.05) is 12.1 Å². The molecule has 3 rings (SSSR count). The predicted molar refractivity (Wildman–Crippen MR) is 94.2 cm³/mol. The van der Waals surface area contributed by atoms with Crippen LogP contribution in [-0.2, 0) is 6.54 Å². The van der Waals surface area contributed by atoms with Crippen LogP contribution < -0.4 is 10.1 Å². The lowest BCUT2D eigenvalue weighted by Gasteiger charge is -2.13. The van der Waals surface area contributed by atoms with E-state index in [1.807, 2.05) is 51.1 Å². The van der Waals surface area contributed by atoms with Gasteiger partial charge in [-0.05, 0) is 56.2 Å². The Labute approximate surface area is 141 Å².